The fourth-order valence-electron chi connectivity index (χ4n) is 2.71. The van der Waals surface area contributed by atoms with Gasteiger partial charge in [0.05, 0.1) is 13.0 Å². The maximum Gasteiger partial charge on any atom is 0.308 e. The minimum absolute atomic E-state index is 0.0679. The summed E-state index contributed by atoms with van der Waals surface area (Å²) in [4.78, 5) is 15.1. The fraction of sp³-hybridized carbons (Fsp3) is 0.471. The van der Waals surface area contributed by atoms with E-state index < -0.39 is 0 Å². The summed E-state index contributed by atoms with van der Waals surface area (Å²) in [5.74, 6) is 0.288. The number of carbonyl (C=O) groups excluding carboxylic acids is 1. The van der Waals surface area contributed by atoms with Crippen LogP contribution in [0.3, 0.4) is 0 Å². The molecule has 0 amide bonds. The van der Waals surface area contributed by atoms with Crippen molar-refractivity contribution in [3.8, 4) is 0 Å². The van der Waals surface area contributed by atoms with Gasteiger partial charge in [-0.05, 0) is 29.9 Å². The summed E-state index contributed by atoms with van der Waals surface area (Å²) in [6.07, 6.45) is 3.55. The molecule has 0 bridgehead atoms. The summed E-state index contributed by atoms with van der Waals surface area (Å²) >= 11 is 0. The summed E-state index contributed by atoms with van der Waals surface area (Å²) < 4.78 is 4.88. The zero-order valence-electron chi connectivity index (χ0n) is 12.7. The molecule has 0 unspecified atom stereocenters. The van der Waals surface area contributed by atoms with Crippen LogP contribution in [0, 0.1) is 5.92 Å². The largest absolute Gasteiger partial charge is 0.469 e. The van der Waals surface area contributed by atoms with Crippen molar-refractivity contribution in [3.05, 3.63) is 35.5 Å². The lowest BCUT2D eigenvalue weighted by Gasteiger charge is -2.12. The number of methoxy groups -OCH3 is 1. The van der Waals surface area contributed by atoms with Crippen LogP contribution in [-0.2, 0) is 16.0 Å². The standard InChI is InChI=1S/C17H23NO2/c1-5-12(17(19)20-4)9-13-10-18-16-14(11(2)3)7-6-8-15(13)16/h6-8,10-12,18H,5,9H2,1-4H3/t12-/m0/s1. The van der Waals surface area contributed by atoms with Gasteiger partial charge in [-0.15, -0.1) is 0 Å². The Morgan fingerprint density at radius 3 is 2.70 bits per heavy atom. The number of hydrogen-bond acceptors (Lipinski definition) is 2. The first-order valence-corrected chi connectivity index (χ1v) is 7.25. The molecule has 0 fully saturated rings. The second-order valence-corrected chi connectivity index (χ2v) is 5.57. The van der Waals surface area contributed by atoms with Gasteiger partial charge in [-0.2, -0.15) is 0 Å². The Morgan fingerprint density at radius 1 is 1.35 bits per heavy atom. The highest BCUT2D eigenvalue weighted by molar-refractivity contribution is 5.87. The Balaban J connectivity index is 2.36. The van der Waals surface area contributed by atoms with Crippen LogP contribution in [0.1, 0.15) is 44.2 Å². The molecule has 2 aromatic rings. The minimum atomic E-state index is -0.123. The number of aromatic nitrogens is 1. The summed E-state index contributed by atoms with van der Waals surface area (Å²) in [6, 6.07) is 6.37. The Hall–Kier alpha value is -1.77. The Kier molecular flexibility index (Phi) is 4.48. The fourth-order valence-corrected chi connectivity index (χ4v) is 2.71. The zero-order valence-corrected chi connectivity index (χ0v) is 12.7. The van der Waals surface area contributed by atoms with Gasteiger partial charge in [0, 0.05) is 17.1 Å². The highest BCUT2D eigenvalue weighted by Gasteiger charge is 2.19. The van der Waals surface area contributed by atoms with E-state index >= 15 is 0 Å². The number of H-pyrrole nitrogens is 1. The molecule has 3 nitrogen and oxygen atoms in total. The van der Waals surface area contributed by atoms with Gasteiger partial charge in [-0.25, -0.2) is 0 Å². The van der Waals surface area contributed by atoms with Gasteiger partial charge in [0.25, 0.3) is 0 Å². The topological polar surface area (TPSA) is 42.1 Å². The molecule has 20 heavy (non-hydrogen) atoms. The van der Waals surface area contributed by atoms with Gasteiger partial charge in [0.1, 0.15) is 0 Å². The first-order chi connectivity index (χ1) is 9.58. The van der Waals surface area contributed by atoms with Crippen molar-refractivity contribution in [2.24, 2.45) is 5.92 Å². The molecular formula is C17H23NO2. The third-order valence-electron chi connectivity index (χ3n) is 3.95. The van der Waals surface area contributed by atoms with E-state index in [0.717, 1.165) is 12.8 Å². The van der Waals surface area contributed by atoms with E-state index in [1.807, 2.05) is 13.1 Å². The maximum absolute atomic E-state index is 11.7. The van der Waals surface area contributed by atoms with Crippen LogP contribution in [0.5, 0.6) is 0 Å². The molecule has 1 aromatic carbocycles. The highest BCUT2D eigenvalue weighted by atomic mass is 16.5. The lowest BCUT2D eigenvalue weighted by atomic mass is 9.94. The predicted octanol–water partition coefficient (Wildman–Crippen LogP) is 4.03. The van der Waals surface area contributed by atoms with Gasteiger partial charge in [0.15, 0.2) is 0 Å². The molecule has 1 heterocycles. The molecule has 0 aliphatic heterocycles. The second kappa shape index (κ2) is 6.12. The van der Waals surface area contributed by atoms with Crippen molar-refractivity contribution in [1.29, 1.82) is 0 Å². The summed E-state index contributed by atoms with van der Waals surface area (Å²) in [5, 5.41) is 1.22. The number of esters is 1. The maximum atomic E-state index is 11.7. The molecule has 0 saturated heterocycles. The monoisotopic (exact) mass is 273 g/mol. The van der Waals surface area contributed by atoms with Gasteiger partial charge in [-0.1, -0.05) is 39.0 Å². The lowest BCUT2D eigenvalue weighted by Crippen LogP contribution is -2.17. The molecule has 2 rings (SSSR count). The van der Waals surface area contributed by atoms with Crippen LogP contribution in [0.15, 0.2) is 24.4 Å². The van der Waals surface area contributed by atoms with Crippen molar-refractivity contribution in [2.75, 3.05) is 7.11 Å². The van der Waals surface area contributed by atoms with E-state index in [0.29, 0.717) is 5.92 Å². The number of para-hydroxylation sites is 1. The van der Waals surface area contributed by atoms with Crippen LogP contribution in [0.4, 0.5) is 0 Å². The molecule has 0 radical (unpaired) electrons. The number of carbonyl (C=O) groups is 1. The van der Waals surface area contributed by atoms with Crippen molar-refractivity contribution in [3.63, 3.8) is 0 Å². The van der Waals surface area contributed by atoms with Gasteiger partial charge in [0.2, 0.25) is 0 Å². The molecule has 0 aliphatic carbocycles. The molecule has 0 aliphatic rings. The summed E-state index contributed by atoms with van der Waals surface area (Å²) in [7, 11) is 1.46. The van der Waals surface area contributed by atoms with Gasteiger partial charge in [-0.3, -0.25) is 4.79 Å². The number of nitrogens with one attached hydrogen (secondary N) is 1. The SMILES string of the molecule is CC[C@@H](Cc1c[nH]c2c(C(C)C)cccc12)C(=O)OC. The van der Waals surface area contributed by atoms with E-state index in [2.05, 4.69) is 37.0 Å². The van der Waals surface area contributed by atoms with Crippen molar-refractivity contribution in [2.45, 2.75) is 39.5 Å². The molecule has 0 saturated carbocycles. The van der Waals surface area contributed by atoms with Crippen LogP contribution in [-0.4, -0.2) is 18.1 Å². The van der Waals surface area contributed by atoms with E-state index in [9.17, 15) is 4.79 Å². The third kappa shape index (κ3) is 2.72. The van der Waals surface area contributed by atoms with Crippen LogP contribution < -0.4 is 0 Å². The number of ether oxygens (including phenoxy) is 1. The number of benzene rings is 1. The van der Waals surface area contributed by atoms with Gasteiger partial charge >= 0.3 is 5.97 Å². The minimum Gasteiger partial charge on any atom is -0.469 e. The Morgan fingerprint density at radius 2 is 2.10 bits per heavy atom. The van der Waals surface area contributed by atoms with E-state index in [4.69, 9.17) is 4.74 Å². The van der Waals surface area contributed by atoms with Crippen molar-refractivity contribution in [1.82, 2.24) is 4.98 Å². The zero-order chi connectivity index (χ0) is 14.7. The van der Waals surface area contributed by atoms with Crippen molar-refractivity contribution < 1.29 is 9.53 Å². The number of hydrogen-bond donors (Lipinski definition) is 1. The molecular weight excluding hydrogens is 250 g/mol. The normalized spacial score (nSPS) is 12.8. The molecule has 0 spiro atoms. The predicted molar refractivity (Wildman–Crippen MR) is 81.9 cm³/mol. The number of aromatic amines is 1. The van der Waals surface area contributed by atoms with Crippen molar-refractivity contribution >= 4 is 16.9 Å². The molecule has 3 heteroatoms. The lowest BCUT2D eigenvalue weighted by molar-refractivity contribution is -0.145. The smallest absolute Gasteiger partial charge is 0.308 e. The summed E-state index contributed by atoms with van der Waals surface area (Å²) in [5.41, 5.74) is 3.71. The molecule has 108 valence electrons. The number of fused-ring (bicyclic) bond motifs is 1. The molecule has 1 atom stereocenters. The first-order valence-electron chi connectivity index (χ1n) is 7.25. The first kappa shape index (κ1) is 14.6. The van der Waals surface area contributed by atoms with E-state index in [-0.39, 0.29) is 11.9 Å². The quantitative estimate of drug-likeness (QED) is 0.836. The molecule has 1 aromatic heterocycles. The highest BCUT2D eigenvalue weighted by Crippen LogP contribution is 2.28. The molecule has 1 N–H and O–H groups in total. The summed E-state index contributed by atoms with van der Waals surface area (Å²) in [6.45, 7) is 6.41. The van der Waals surface area contributed by atoms with E-state index in [1.54, 1.807) is 0 Å². The Bertz CT molecular complexity index is 598. The second-order valence-electron chi connectivity index (χ2n) is 5.57. The van der Waals surface area contributed by atoms with Crippen LogP contribution >= 0.6 is 0 Å². The average Bonchev–Trinajstić information content (AvgIpc) is 2.86. The third-order valence-corrected chi connectivity index (χ3v) is 3.95. The number of rotatable bonds is 5. The van der Waals surface area contributed by atoms with Crippen LogP contribution in [0.2, 0.25) is 0 Å². The van der Waals surface area contributed by atoms with Gasteiger partial charge < -0.3 is 9.72 Å². The van der Waals surface area contributed by atoms with E-state index in [1.165, 1.54) is 29.1 Å². The Labute approximate surface area is 120 Å². The van der Waals surface area contributed by atoms with Crippen LogP contribution in [0.25, 0.3) is 10.9 Å². The average molecular weight is 273 g/mol.